The highest BCUT2D eigenvalue weighted by atomic mass is 16.5. The van der Waals surface area contributed by atoms with Crippen LogP contribution in [0.25, 0.3) is 0 Å². The van der Waals surface area contributed by atoms with Crippen LogP contribution in [0.3, 0.4) is 0 Å². The van der Waals surface area contributed by atoms with E-state index in [2.05, 4.69) is 0 Å². The number of pyridine rings is 1. The van der Waals surface area contributed by atoms with Crippen molar-refractivity contribution in [3.05, 3.63) is 94.3 Å². The van der Waals surface area contributed by atoms with E-state index in [4.69, 9.17) is 9.15 Å². The van der Waals surface area contributed by atoms with Crippen LogP contribution in [-0.2, 0) is 11.3 Å². The van der Waals surface area contributed by atoms with Gasteiger partial charge in [-0.3, -0.25) is 9.59 Å². The first kappa shape index (κ1) is 17.3. The molecular formula is C21H20N2O4. The van der Waals surface area contributed by atoms with E-state index in [0.717, 1.165) is 5.56 Å². The standard InChI is InChI=1S/C21H20N2O4/c24-20-8-4-5-11-22(20)14-17-9-10-18(27-17)21(25)23-12-13-26-19(15-23)16-6-2-1-3-7-16/h1-11,19H,12-15H2. The second-order valence-electron chi connectivity index (χ2n) is 6.45. The maximum absolute atomic E-state index is 12.8. The molecule has 138 valence electrons. The fourth-order valence-electron chi connectivity index (χ4n) is 3.20. The lowest BCUT2D eigenvalue weighted by atomic mass is 10.1. The fourth-order valence-corrected chi connectivity index (χ4v) is 3.20. The van der Waals surface area contributed by atoms with Gasteiger partial charge in [-0.25, -0.2) is 0 Å². The number of morpholine rings is 1. The van der Waals surface area contributed by atoms with E-state index in [-0.39, 0.29) is 23.3 Å². The maximum atomic E-state index is 12.8. The minimum atomic E-state index is -0.161. The summed E-state index contributed by atoms with van der Waals surface area (Å²) < 4.78 is 13.1. The normalized spacial score (nSPS) is 17.0. The van der Waals surface area contributed by atoms with E-state index in [9.17, 15) is 9.59 Å². The van der Waals surface area contributed by atoms with Gasteiger partial charge in [-0.1, -0.05) is 36.4 Å². The topological polar surface area (TPSA) is 64.7 Å². The number of carbonyl (C=O) groups is 1. The minimum Gasteiger partial charge on any atom is -0.454 e. The summed E-state index contributed by atoms with van der Waals surface area (Å²) >= 11 is 0. The summed E-state index contributed by atoms with van der Waals surface area (Å²) in [5.41, 5.74) is 0.944. The van der Waals surface area contributed by atoms with Crippen molar-refractivity contribution in [2.24, 2.45) is 0 Å². The quantitative estimate of drug-likeness (QED) is 0.714. The molecule has 1 amide bonds. The second kappa shape index (κ2) is 7.63. The molecule has 0 aliphatic carbocycles. The first-order valence-corrected chi connectivity index (χ1v) is 8.91. The zero-order valence-corrected chi connectivity index (χ0v) is 14.8. The number of nitrogens with zero attached hydrogens (tertiary/aromatic N) is 2. The number of carbonyl (C=O) groups excluding carboxylic acids is 1. The maximum Gasteiger partial charge on any atom is 0.289 e. The Balaban J connectivity index is 1.46. The highest BCUT2D eigenvalue weighted by Gasteiger charge is 2.27. The van der Waals surface area contributed by atoms with Crippen molar-refractivity contribution < 1.29 is 13.9 Å². The number of hydrogen-bond acceptors (Lipinski definition) is 4. The third kappa shape index (κ3) is 3.85. The Hall–Kier alpha value is -3.12. The van der Waals surface area contributed by atoms with Crippen LogP contribution in [0.5, 0.6) is 0 Å². The van der Waals surface area contributed by atoms with Crippen LogP contribution in [0, 0.1) is 0 Å². The van der Waals surface area contributed by atoms with Crippen molar-refractivity contribution in [1.82, 2.24) is 9.47 Å². The first-order chi connectivity index (χ1) is 13.2. The van der Waals surface area contributed by atoms with E-state index in [0.29, 0.717) is 32.0 Å². The molecule has 1 saturated heterocycles. The summed E-state index contributed by atoms with van der Waals surface area (Å²) in [6.45, 7) is 1.79. The molecule has 3 aromatic rings. The molecule has 2 aromatic heterocycles. The molecule has 27 heavy (non-hydrogen) atoms. The van der Waals surface area contributed by atoms with Crippen molar-refractivity contribution in [2.75, 3.05) is 19.7 Å². The van der Waals surface area contributed by atoms with Gasteiger partial charge < -0.3 is 18.6 Å². The summed E-state index contributed by atoms with van der Waals surface area (Å²) in [7, 11) is 0. The number of hydrogen-bond donors (Lipinski definition) is 0. The Morgan fingerprint density at radius 1 is 1.04 bits per heavy atom. The Bertz CT molecular complexity index is 977. The molecular weight excluding hydrogens is 344 g/mol. The van der Waals surface area contributed by atoms with E-state index >= 15 is 0 Å². The molecule has 0 radical (unpaired) electrons. The lowest BCUT2D eigenvalue weighted by Crippen LogP contribution is -2.42. The Kier molecular flexibility index (Phi) is 4.89. The number of benzene rings is 1. The number of furan rings is 1. The lowest BCUT2D eigenvalue weighted by Gasteiger charge is -2.32. The van der Waals surface area contributed by atoms with Gasteiger partial charge in [-0.15, -0.1) is 0 Å². The number of aromatic nitrogens is 1. The third-order valence-electron chi connectivity index (χ3n) is 4.62. The van der Waals surface area contributed by atoms with E-state index in [1.165, 1.54) is 10.6 Å². The summed E-state index contributed by atoms with van der Waals surface area (Å²) in [5.74, 6) is 0.688. The van der Waals surface area contributed by atoms with Crippen LogP contribution in [0.1, 0.15) is 28.0 Å². The van der Waals surface area contributed by atoms with Gasteiger partial charge >= 0.3 is 0 Å². The van der Waals surface area contributed by atoms with Crippen LogP contribution in [0.2, 0.25) is 0 Å². The molecule has 1 fully saturated rings. The summed E-state index contributed by atoms with van der Waals surface area (Å²) in [5, 5.41) is 0. The second-order valence-corrected chi connectivity index (χ2v) is 6.45. The van der Waals surface area contributed by atoms with Crippen LogP contribution in [-0.4, -0.2) is 35.1 Å². The van der Waals surface area contributed by atoms with Crippen molar-refractivity contribution in [3.8, 4) is 0 Å². The van der Waals surface area contributed by atoms with Gasteiger partial charge in [-0.2, -0.15) is 0 Å². The Morgan fingerprint density at radius 2 is 1.85 bits per heavy atom. The predicted octanol–water partition coefficient (Wildman–Crippen LogP) is 2.70. The predicted molar refractivity (Wildman–Crippen MR) is 99.6 cm³/mol. The fraction of sp³-hybridized carbons (Fsp3) is 0.238. The van der Waals surface area contributed by atoms with Crippen LogP contribution in [0.4, 0.5) is 0 Å². The molecule has 1 atom stereocenters. The van der Waals surface area contributed by atoms with E-state index < -0.39 is 0 Å². The van der Waals surface area contributed by atoms with Crippen LogP contribution >= 0.6 is 0 Å². The van der Waals surface area contributed by atoms with Crippen LogP contribution < -0.4 is 5.56 Å². The molecule has 0 N–H and O–H groups in total. The lowest BCUT2D eigenvalue weighted by molar-refractivity contribution is -0.0238. The Labute approximate surface area is 156 Å². The van der Waals surface area contributed by atoms with Crippen molar-refractivity contribution in [3.63, 3.8) is 0 Å². The Morgan fingerprint density at radius 3 is 2.67 bits per heavy atom. The molecule has 6 heteroatoms. The van der Waals surface area contributed by atoms with Crippen molar-refractivity contribution in [1.29, 1.82) is 0 Å². The largest absolute Gasteiger partial charge is 0.454 e. The highest BCUT2D eigenvalue weighted by molar-refractivity contribution is 5.91. The average molecular weight is 364 g/mol. The van der Waals surface area contributed by atoms with Gasteiger partial charge in [0.2, 0.25) is 0 Å². The molecule has 4 rings (SSSR count). The molecule has 1 unspecified atom stereocenters. The van der Waals surface area contributed by atoms with E-state index in [1.807, 2.05) is 30.3 Å². The van der Waals surface area contributed by atoms with Gasteiger partial charge in [-0.05, 0) is 23.8 Å². The smallest absolute Gasteiger partial charge is 0.289 e. The van der Waals surface area contributed by atoms with Gasteiger partial charge in [0.1, 0.15) is 11.9 Å². The summed E-state index contributed by atoms with van der Waals surface area (Å²) in [4.78, 5) is 26.4. The molecule has 6 nitrogen and oxygen atoms in total. The minimum absolute atomic E-state index is 0.111. The molecule has 1 aliphatic heterocycles. The molecule has 0 saturated carbocycles. The zero-order valence-electron chi connectivity index (χ0n) is 14.8. The third-order valence-corrected chi connectivity index (χ3v) is 4.62. The van der Waals surface area contributed by atoms with Gasteiger partial charge in [0, 0.05) is 18.8 Å². The van der Waals surface area contributed by atoms with Gasteiger partial charge in [0.05, 0.1) is 19.7 Å². The molecule has 1 aromatic carbocycles. The summed E-state index contributed by atoms with van der Waals surface area (Å²) in [6.07, 6.45) is 1.56. The first-order valence-electron chi connectivity index (χ1n) is 8.91. The zero-order chi connectivity index (χ0) is 18.6. The number of ether oxygens (including phenoxy) is 1. The van der Waals surface area contributed by atoms with Gasteiger partial charge in [0.15, 0.2) is 5.76 Å². The number of rotatable bonds is 4. The van der Waals surface area contributed by atoms with E-state index in [1.54, 1.807) is 35.4 Å². The van der Waals surface area contributed by atoms with Crippen LogP contribution in [0.15, 0.2) is 76.1 Å². The number of amides is 1. The highest BCUT2D eigenvalue weighted by Crippen LogP contribution is 2.23. The SMILES string of the molecule is O=C(c1ccc(Cn2ccccc2=O)o1)N1CCOC(c2ccccc2)C1. The van der Waals surface area contributed by atoms with Gasteiger partial charge in [0.25, 0.3) is 11.5 Å². The monoisotopic (exact) mass is 364 g/mol. The van der Waals surface area contributed by atoms with Crippen molar-refractivity contribution >= 4 is 5.91 Å². The summed E-state index contributed by atoms with van der Waals surface area (Å²) in [6, 6.07) is 18.3. The molecule has 0 spiro atoms. The molecule has 1 aliphatic rings. The van der Waals surface area contributed by atoms with Crippen molar-refractivity contribution in [2.45, 2.75) is 12.6 Å². The molecule has 3 heterocycles. The molecule has 0 bridgehead atoms. The average Bonchev–Trinajstić information content (AvgIpc) is 3.18.